The lowest BCUT2D eigenvalue weighted by molar-refractivity contribution is 0.296. The van der Waals surface area contributed by atoms with E-state index < -0.39 is 0 Å². The monoisotopic (exact) mass is 273 g/mol. The molecule has 20 heavy (non-hydrogen) atoms. The molecule has 1 aromatic heterocycles. The van der Waals surface area contributed by atoms with Crippen molar-refractivity contribution in [2.24, 2.45) is 7.05 Å². The van der Waals surface area contributed by atoms with Gasteiger partial charge in [-0.2, -0.15) is 0 Å². The Morgan fingerprint density at radius 1 is 1.00 bits per heavy atom. The van der Waals surface area contributed by atoms with Crippen LogP contribution in [0.3, 0.4) is 0 Å². The Bertz CT molecular complexity index is 764. The number of nitrogens with zero attached hydrogens (tertiary/aromatic N) is 1. The average molecular weight is 273 g/mol. The van der Waals surface area contributed by atoms with Crippen molar-refractivity contribution in [1.82, 2.24) is 4.57 Å². The van der Waals surface area contributed by atoms with Crippen molar-refractivity contribution in [3.63, 3.8) is 0 Å². The first kappa shape index (κ1) is 12.7. The number of hydrogen-bond acceptors (Lipinski definition) is 1. The molecule has 1 heterocycles. The zero-order valence-electron chi connectivity index (χ0n) is 10.9. The van der Waals surface area contributed by atoms with Crippen LogP contribution in [0.25, 0.3) is 10.9 Å². The van der Waals surface area contributed by atoms with Gasteiger partial charge in [0.25, 0.3) is 0 Å². The summed E-state index contributed by atoms with van der Waals surface area (Å²) in [5, 5.41) is 0.951. The lowest BCUT2D eigenvalue weighted by Crippen LogP contribution is -2.01. The van der Waals surface area contributed by atoms with Crippen molar-refractivity contribution in [3.05, 3.63) is 65.9 Å². The second kappa shape index (κ2) is 4.96. The van der Waals surface area contributed by atoms with Crippen molar-refractivity contribution >= 4 is 10.9 Å². The molecule has 0 radical (unpaired) electrons. The lowest BCUT2D eigenvalue weighted by atomic mass is 10.2. The van der Waals surface area contributed by atoms with E-state index >= 15 is 0 Å². The first-order valence-electron chi connectivity index (χ1n) is 6.26. The Morgan fingerprint density at radius 3 is 2.60 bits per heavy atom. The van der Waals surface area contributed by atoms with Gasteiger partial charge in [0.15, 0.2) is 0 Å². The first-order valence-corrected chi connectivity index (χ1v) is 6.26. The number of benzene rings is 2. The smallest absolute Gasteiger partial charge is 0.128 e. The van der Waals surface area contributed by atoms with Crippen LogP contribution in [-0.4, -0.2) is 4.57 Å². The van der Waals surface area contributed by atoms with E-state index in [0.29, 0.717) is 12.4 Å². The van der Waals surface area contributed by atoms with E-state index in [1.807, 2.05) is 17.7 Å². The SMILES string of the molecule is Cn1c(COc2cccc(F)c2)cc2ccc(F)cc21. The van der Waals surface area contributed by atoms with Gasteiger partial charge in [0.2, 0.25) is 0 Å². The van der Waals surface area contributed by atoms with E-state index in [1.165, 1.54) is 24.3 Å². The number of halogens is 2. The fraction of sp³-hybridized carbons (Fsp3) is 0.125. The van der Waals surface area contributed by atoms with Gasteiger partial charge in [-0.1, -0.05) is 6.07 Å². The van der Waals surface area contributed by atoms with Crippen molar-refractivity contribution in [1.29, 1.82) is 0 Å². The maximum Gasteiger partial charge on any atom is 0.128 e. The highest BCUT2D eigenvalue weighted by Gasteiger charge is 2.07. The third-order valence-corrected chi connectivity index (χ3v) is 3.29. The number of fused-ring (bicyclic) bond motifs is 1. The van der Waals surface area contributed by atoms with Crippen LogP contribution in [0.15, 0.2) is 48.5 Å². The molecule has 2 nitrogen and oxygen atoms in total. The lowest BCUT2D eigenvalue weighted by Gasteiger charge is -2.07. The average Bonchev–Trinajstić information content (AvgIpc) is 2.73. The molecule has 0 spiro atoms. The second-order valence-electron chi connectivity index (χ2n) is 4.64. The summed E-state index contributed by atoms with van der Waals surface area (Å²) in [6, 6.07) is 12.6. The molecule has 0 fully saturated rings. The molecule has 0 aliphatic carbocycles. The van der Waals surface area contributed by atoms with Crippen LogP contribution in [0.1, 0.15) is 5.69 Å². The molecule has 0 unspecified atom stereocenters. The van der Waals surface area contributed by atoms with E-state index in [2.05, 4.69) is 0 Å². The predicted molar refractivity (Wildman–Crippen MR) is 73.6 cm³/mol. The number of hydrogen-bond donors (Lipinski definition) is 0. The Morgan fingerprint density at radius 2 is 1.80 bits per heavy atom. The zero-order valence-corrected chi connectivity index (χ0v) is 10.9. The molecular formula is C16H13F2NO. The summed E-state index contributed by atoms with van der Waals surface area (Å²) >= 11 is 0. The van der Waals surface area contributed by atoms with Gasteiger partial charge in [-0.3, -0.25) is 0 Å². The van der Waals surface area contributed by atoms with Crippen LogP contribution >= 0.6 is 0 Å². The van der Waals surface area contributed by atoms with Crippen molar-refractivity contribution in [2.75, 3.05) is 0 Å². The Hall–Kier alpha value is -2.36. The van der Waals surface area contributed by atoms with Crippen LogP contribution in [0.2, 0.25) is 0 Å². The fourth-order valence-electron chi connectivity index (χ4n) is 2.21. The molecule has 0 amide bonds. The summed E-state index contributed by atoms with van der Waals surface area (Å²) in [6.45, 7) is 0.302. The Kier molecular flexibility index (Phi) is 3.14. The second-order valence-corrected chi connectivity index (χ2v) is 4.64. The van der Waals surface area contributed by atoms with E-state index in [1.54, 1.807) is 18.2 Å². The topological polar surface area (TPSA) is 14.2 Å². The highest BCUT2D eigenvalue weighted by molar-refractivity contribution is 5.81. The molecule has 0 aliphatic rings. The van der Waals surface area contributed by atoms with Gasteiger partial charge >= 0.3 is 0 Å². The Balaban J connectivity index is 1.86. The summed E-state index contributed by atoms with van der Waals surface area (Å²) in [5.74, 6) is -0.126. The number of aryl methyl sites for hydroxylation is 1. The van der Waals surface area contributed by atoms with E-state index in [4.69, 9.17) is 4.74 Å². The predicted octanol–water partition coefficient (Wildman–Crippen LogP) is 4.04. The van der Waals surface area contributed by atoms with Gasteiger partial charge in [-0.05, 0) is 36.4 Å². The van der Waals surface area contributed by atoms with Crippen molar-refractivity contribution in [3.8, 4) is 5.75 Å². The summed E-state index contributed by atoms with van der Waals surface area (Å²) in [6.07, 6.45) is 0. The van der Waals surface area contributed by atoms with E-state index in [0.717, 1.165) is 16.6 Å². The zero-order chi connectivity index (χ0) is 14.1. The molecule has 0 saturated heterocycles. The number of ether oxygens (including phenoxy) is 1. The minimum absolute atomic E-state index is 0.267. The van der Waals surface area contributed by atoms with Crippen LogP contribution in [0.5, 0.6) is 5.75 Å². The minimum atomic E-state index is -0.332. The Labute approximate surface area is 115 Å². The normalized spacial score (nSPS) is 10.9. The summed E-state index contributed by atoms with van der Waals surface area (Å²) in [4.78, 5) is 0. The van der Waals surface area contributed by atoms with Gasteiger partial charge in [0, 0.05) is 18.5 Å². The van der Waals surface area contributed by atoms with Crippen LogP contribution in [-0.2, 0) is 13.7 Å². The molecule has 3 rings (SSSR count). The quantitative estimate of drug-likeness (QED) is 0.702. The molecule has 0 N–H and O–H groups in total. The van der Waals surface area contributed by atoms with Crippen molar-refractivity contribution in [2.45, 2.75) is 6.61 Å². The third kappa shape index (κ3) is 2.37. The standard InChI is InChI=1S/C16H13F2NO/c1-19-14(7-11-5-6-13(18)9-16(11)19)10-20-15-4-2-3-12(17)8-15/h2-9H,10H2,1H3. The third-order valence-electron chi connectivity index (χ3n) is 3.29. The van der Waals surface area contributed by atoms with Crippen LogP contribution < -0.4 is 4.74 Å². The molecule has 102 valence electrons. The maximum absolute atomic E-state index is 13.2. The minimum Gasteiger partial charge on any atom is -0.487 e. The highest BCUT2D eigenvalue weighted by Crippen LogP contribution is 2.21. The van der Waals surface area contributed by atoms with Crippen LogP contribution in [0, 0.1) is 11.6 Å². The van der Waals surface area contributed by atoms with Crippen LogP contribution in [0.4, 0.5) is 8.78 Å². The van der Waals surface area contributed by atoms with Gasteiger partial charge in [0.1, 0.15) is 24.0 Å². The molecule has 2 aromatic carbocycles. The van der Waals surface area contributed by atoms with Crippen molar-refractivity contribution < 1.29 is 13.5 Å². The molecule has 3 aromatic rings. The molecule has 0 atom stereocenters. The molecule has 0 saturated carbocycles. The van der Waals surface area contributed by atoms with E-state index in [9.17, 15) is 8.78 Å². The molecule has 4 heteroatoms. The maximum atomic E-state index is 13.2. The summed E-state index contributed by atoms with van der Waals surface area (Å²) < 4.78 is 33.7. The molecule has 0 aliphatic heterocycles. The fourth-order valence-corrected chi connectivity index (χ4v) is 2.21. The summed E-state index contributed by atoms with van der Waals surface area (Å²) in [7, 11) is 1.85. The molecule has 0 bridgehead atoms. The number of rotatable bonds is 3. The summed E-state index contributed by atoms with van der Waals surface area (Å²) in [5.41, 5.74) is 1.71. The highest BCUT2D eigenvalue weighted by atomic mass is 19.1. The largest absolute Gasteiger partial charge is 0.487 e. The number of aromatic nitrogens is 1. The van der Waals surface area contributed by atoms with Gasteiger partial charge < -0.3 is 9.30 Å². The first-order chi connectivity index (χ1) is 9.63. The van der Waals surface area contributed by atoms with E-state index in [-0.39, 0.29) is 11.6 Å². The van der Waals surface area contributed by atoms with Gasteiger partial charge in [0.05, 0.1) is 11.2 Å². The molecular weight excluding hydrogens is 260 g/mol. The van der Waals surface area contributed by atoms with Gasteiger partial charge in [-0.25, -0.2) is 8.78 Å². The van der Waals surface area contributed by atoms with Gasteiger partial charge in [-0.15, -0.1) is 0 Å².